The number of methoxy groups -OCH3 is 1. The second kappa shape index (κ2) is 5.91. The lowest BCUT2D eigenvalue weighted by molar-refractivity contribution is -0.139. The Morgan fingerprint density at radius 1 is 1.22 bits per heavy atom. The normalized spacial score (nSPS) is 22.1. The number of hydrogen-bond donors (Lipinski definition) is 3. The summed E-state index contributed by atoms with van der Waals surface area (Å²) >= 11 is 0. The Labute approximate surface area is 133 Å². The summed E-state index contributed by atoms with van der Waals surface area (Å²) in [6.07, 6.45) is 2.25. The highest BCUT2D eigenvalue weighted by molar-refractivity contribution is 6.06. The van der Waals surface area contributed by atoms with Crippen molar-refractivity contribution in [2.75, 3.05) is 12.4 Å². The van der Waals surface area contributed by atoms with E-state index >= 15 is 0 Å². The minimum absolute atomic E-state index is 0.192. The molecule has 2 fully saturated rings. The Kier molecular flexibility index (Phi) is 3.94. The lowest BCUT2D eigenvalue weighted by Gasteiger charge is -2.12. The van der Waals surface area contributed by atoms with Crippen LogP contribution in [0.4, 0.5) is 5.69 Å². The average molecular weight is 318 g/mol. The summed E-state index contributed by atoms with van der Waals surface area (Å²) in [5.74, 6) is -2.26. The molecular weight excluding hydrogens is 300 g/mol. The van der Waals surface area contributed by atoms with Crippen LogP contribution in [0, 0.1) is 11.8 Å². The molecule has 2 amide bonds. The molecule has 2 aliphatic carbocycles. The lowest BCUT2D eigenvalue weighted by Crippen LogP contribution is -2.27. The minimum Gasteiger partial charge on any atom is -0.497 e. The number of carbonyl (C=O) groups is 3. The van der Waals surface area contributed by atoms with Gasteiger partial charge >= 0.3 is 5.97 Å². The first kappa shape index (κ1) is 15.3. The van der Waals surface area contributed by atoms with Crippen molar-refractivity contribution in [2.45, 2.75) is 25.3 Å². The Bertz CT molecular complexity index is 668. The molecule has 122 valence electrons. The summed E-state index contributed by atoms with van der Waals surface area (Å²) in [5, 5.41) is 14.4. The minimum atomic E-state index is -0.966. The molecule has 23 heavy (non-hydrogen) atoms. The maximum Gasteiger partial charge on any atom is 0.307 e. The first-order valence-electron chi connectivity index (χ1n) is 7.52. The standard InChI is InChI=1S/C16H18N2O5/c1-23-9-4-5-13(12(6-9)15(20)17-8-2-3-8)18-14(19)10-7-11(10)16(21)22/h4-6,8,10-11H,2-3,7H2,1H3,(H,17,20)(H,18,19)(H,21,22)/t10-,11-/m1/s1. The molecule has 0 unspecified atom stereocenters. The molecule has 1 aromatic rings. The van der Waals surface area contributed by atoms with Gasteiger partial charge < -0.3 is 20.5 Å². The fourth-order valence-electron chi connectivity index (χ4n) is 2.42. The third-order valence-electron chi connectivity index (χ3n) is 4.09. The summed E-state index contributed by atoms with van der Waals surface area (Å²) in [5.41, 5.74) is 0.683. The van der Waals surface area contributed by atoms with Crippen LogP contribution >= 0.6 is 0 Å². The van der Waals surface area contributed by atoms with Crippen LogP contribution in [0.25, 0.3) is 0 Å². The lowest BCUT2D eigenvalue weighted by atomic mass is 10.1. The number of carboxylic acid groups (broad SMARTS) is 1. The van der Waals surface area contributed by atoms with Crippen LogP contribution in [0.2, 0.25) is 0 Å². The zero-order valence-corrected chi connectivity index (χ0v) is 12.7. The van der Waals surface area contributed by atoms with E-state index in [1.165, 1.54) is 7.11 Å². The topological polar surface area (TPSA) is 105 Å². The quantitative estimate of drug-likeness (QED) is 0.732. The Morgan fingerprint density at radius 2 is 1.96 bits per heavy atom. The Balaban J connectivity index is 1.76. The van der Waals surface area contributed by atoms with E-state index in [9.17, 15) is 14.4 Å². The number of ether oxygens (including phenoxy) is 1. The number of carboxylic acids is 1. The van der Waals surface area contributed by atoms with Gasteiger partial charge in [-0.2, -0.15) is 0 Å². The van der Waals surface area contributed by atoms with Gasteiger partial charge in [0.25, 0.3) is 5.91 Å². The fourth-order valence-corrected chi connectivity index (χ4v) is 2.42. The van der Waals surface area contributed by atoms with Gasteiger partial charge in [-0.05, 0) is 37.5 Å². The molecule has 0 heterocycles. The maximum atomic E-state index is 12.3. The highest BCUT2D eigenvalue weighted by Crippen LogP contribution is 2.39. The second-order valence-corrected chi connectivity index (χ2v) is 5.94. The number of anilines is 1. The van der Waals surface area contributed by atoms with E-state index in [2.05, 4.69) is 10.6 Å². The molecule has 7 nitrogen and oxygen atoms in total. The van der Waals surface area contributed by atoms with Crippen LogP contribution in [0.3, 0.4) is 0 Å². The van der Waals surface area contributed by atoms with Crippen molar-refractivity contribution in [3.63, 3.8) is 0 Å². The highest BCUT2D eigenvalue weighted by Gasteiger charge is 2.48. The van der Waals surface area contributed by atoms with Gasteiger partial charge in [-0.25, -0.2) is 0 Å². The van der Waals surface area contributed by atoms with Crippen LogP contribution in [-0.4, -0.2) is 36.0 Å². The van der Waals surface area contributed by atoms with Gasteiger partial charge in [0.15, 0.2) is 0 Å². The third kappa shape index (κ3) is 3.44. The molecule has 3 rings (SSSR count). The number of nitrogens with one attached hydrogen (secondary N) is 2. The van der Waals surface area contributed by atoms with Gasteiger partial charge in [-0.1, -0.05) is 0 Å². The van der Waals surface area contributed by atoms with Crippen LogP contribution in [0.5, 0.6) is 5.75 Å². The molecule has 0 saturated heterocycles. The number of carbonyl (C=O) groups excluding carboxylic acids is 2. The molecule has 0 bridgehead atoms. The van der Waals surface area contributed by atoms with Crippen molar-refractivity contribution < 1.29 is 24.2 Å². The van der Waals surface area contributed by atoms with E-state index in [4.69, 9.17) is 9.84 Å². The van der Waals surface area contributed by atoms with Gasteiger partial charge in [0.05, 0.1) is 30.2 Å². The Hall–Kier alpha value is -2.57. The number of benzene rings is 1. The molecule has 0 radical (unpaired) electrons. The molecule has 3 N–H and O–H groups in total. The number of hydrogen-bond acceptors (Lipinski definition) is 4. The van der Waals surface area contributed by atoms with Gasteiger partial charge in [-0.15, -0.1) is 0 Å². The molecule has 0 aromatic heterocycles. The summed E-state index contributed by atoms with van der Waals surface area (Å²) in [6, 6.07) is 4.99. The predicted molar refractivity (Wildman–Crippen MR) is 81.3 cm³/mol. The zero-order valence-electron chi connectivity index (χ0n) is 12.7. The van der Waals surface area contributed by atoms with Crippen molar-refractivity contribution >= 4 is 23.5 Å². The smallest absolute Gasteiger partial charge is 0.307 e. The van der Waals surface area contributed by atoms with Crippen LogP contribution in [-0.2, 0) is 9.59 Å². The highest BCUT2D eigenvalue weighted by atomic mass is 16.5. The van der Waals surface area contributed by atoms with Crippen molar-refractivity contribution in [1.29, 1.82) is 0 Å². The van der Waals surface area contributed by atoms with E-state index in [0.29, 0.717) is 23.4 Å². The largest absolute Gasteiger partial charge is 0.497 e. The van der Waals surface area contributed by atoms with Gasteiger partial charge in [0.2, 0.25) is 5.91 Å². The molecule has 0 aliphatic heterocycles. The maximum absolute atomic E-state index is 12.3. The van der Waals surface area contributed by atoms with Crippen molar-refractivity contribution in [2.24, 2.45) is 11.8 Å². The van der Waals surface area contributed by atoms with Gasteiger partial charge in [-0.3, -0.25) is 14.4 Å². The number of aliphatic carboxylic acids is 1. The van der Waals surface area contributed by atoms with E-state index in [1.54, 1.807) is 18.2 Å². The molecule has 2 aliphatic rings. The van der Waals surface area contributed by atoms with Crippen molar-refractivity contribution in [1.82, 2.24) is 5.32 Å². The fraction of sp³-hybridized carbons (Fsp3) is 0.438. The Morgan fingerprint density at radius 3 is 2.52 bits per heavy atom. The summed E-state index contributed by atoms with van der Waals surface area (Å²) < 4.78 is 5.12. The molecular formula is C16H18N2O5. The third-order valence-corrected chi connectivity index (χ3v) is 4.09. The van der Waals surface area contributed by atoms with E-state index in [-0.39, 0.29) is 17.9 Å². The average Bonchev–Trinajstić information content (AvgIpc) is 3.40. The SMILES string of the molecule is COc1ccc(NC(=O)[C@@H]2C[C@H]2C(=O)O)c(C(=O)NC2CC2)c1. The van der Waals surface area contributed by atoms with Crippen LogP contribution in [0.1, 0.15) is 29.6 Å². The molecule has 0 spiro atoms. The van der Waals surface area contributed by atoms with E-state index < -0.39 is 17.8 Å². The monoisotopic (exact) mass is 318 g/mol. The summed E-state index contributed by atoms with van der Waals surface area (Å²) in [4.78, 5) is 35.3. The predicted octanol–water partition coefficient (Wildman–Crippen LogP) is 1.25. The van der Waals surface area contributed by atoms with Crippen molar-refractivity contribution in [3.05, 3.63) is 23.8 Å². The van der Waals surface area contributed by atoms with Crippen LogP contribution in [0.15, 0.2) is 18.2 Å². The molecule has 2 saturated carbocycles. The summed E-state index contributed by atoms with van der Waals surface area (Å²) in [6.45, 7) is 0. The second-order valence-electron chi connectivity index (χ2n) is 5.94. The summed E-state index contributed by atoms with van der Waals surface area (Å²) in [7, 11) is 1.50. The van der Waals surface area contributed by atoms with E-state index in [1.807, 2.05) is 0 Å². The van der Waals surface area contributed by atoms with Crippen LogP contribution < -0.4 is 15.4 Å². The van der Waals surface area contributed by atoms with Gasteiger partial charge in [0, 0.05) is 6.04 Å². The first-order valence-corrected chi connectivity index (χ1v) is 7.52. The first-order chi connectivity index (χ1) is 11.0. The molecule has 7 heteroatoms. The molecule has 2 atom stereocenters. The number of rotatable bonds is 6. The van der Waals surface area contributed by atoms with Crippen molar-refractivity contribution in [3.8, 4) is 5.75 Å². The number of amides is 2. The van der Waals surface area contributed by atoms with E-state index in [0.717, 1.165) is 12.8 Å². The zero-order chi connectivity index (χ0) is 16.6. The molecule has 1 aromatic carbocycles. The van der Waals surface area contributed by atoms with Gasteiger partial charge in [0.1, 0.15) is 5.75 Å².